The Hall–Kier alpha value is -3.72. The van der Waals surface area contributed by atoms with E-state index < -0.39 is 11.9 Å². The van der Waals surface area contributed by atoms with Crippen molar-refractivity contribution in [2.45, 2.75) is 57.0 Å². The zero-order valence-electron chi connectivity index (χ0n) is 22.7. The minimum atomic E-state index is -0.639. The van der Waals surface area contributed by atoms with Crippen LogP contribution in [0.4, 0.5) is 0 Å². The Morgan fingerprint density at radius 1 is 1.00 bits per heavy atom. The number of halogens is 1. The van der Waals surface area contributed by atoms with Crippen LogP contribution < -0.4 is 15.8 Å². The van der Waals surface area contributed by atoms with Crippen LogP contribution in [-0.4, -0.2) is 52.8 Å². The molecule has 41 heavy (non-hydrogen) atoms. The van der Waals surface area contributed by atoms with Gasteiger partial charge in [-0.1, -0.05) is 48.0 Å². The van der Waals surface area contributed by atoms with Crippen LogP contribution in [0, 0.1) is 0 Å². The highest BCUT2D eigenvalue weighted by atomic mass is 35.5. The van der Waals surface area contributed by atoms with Crippen molar-refractivity contribution < 1.29 is 19.1 Å². The molecule has 212 valence electrons. The highest BCUT2D eigenvalue weighted by molar-refractivity contribution is 6.30. The third-order valence-corrected chi connectivity index (χ3v) is 8.57. The second kappa shape index (κ2) is 11.6. The molecule has 3 aliphatic heterocycles. The largest absolute Gasteiger partial charge is 0.489 e. The fourth-order valence-electron chi connectivity index (χ4n) is 6.36. The summed E-state index contributed by atoms with van der Waals surface area (Å²) >= 11 is 6.12. The molecule has 6 rings (SSSR count). The Labute approximate surface area is 244 Å². The molecule has 3 aromatic rings. The van der Waals surface area contributed by atoms with Gasteiger partial charge in [-0.2, -0.15) is 0 Å². The minimum Gasteiger partial charge on any atom is -0.489 e. The van der Waals surface area contributed by atoms with Gasteiger partial charge in [-0.3, -0.25) is 24.6 Å². The standard InChI is InChI=1S/C32H33ClN4O4/c33-24-7-5-20(6-8-24)16-36-17-22(27-4-2-1-3-21(27)15-34)14-26(19-36)41-25-9-10-28-23(13-25)18-37(32(28)40)29-11-12-30(38)35-31(29)39/h1-10,13,22,26,29H,11-12,14-19,34H2,(H,35,38,39)/t22?,26-,29?/m0/s1. The van der Waals surface area contributed by atoms with E-state index in [2.05, 4.69) is 40.5 Å². The van der Waals surface area contributed by atoms with Crippen LogP contribution in [-0.2, 0) is 29.2 Å². The number of piperidine rings is 2. The summed E-state index contributed by atoms with van der Waals surface area (Å²) in [6, 6.07) is 21.2. The lowest BCUT2D eigenvalue weighted by Crippen LogP contribution is -2.52. The van der Waals surface area contributed by atoms with Gasteiger partial charge in [-0.25, -0.2) is 0 Å². The molecule has 8 nitrogen and oxygen atoms in total. The van der Waals surface area contributed by atoms with Crippen LogP contribution in [0.1, 0.15) is 57.8 Å². The van der Waals surface area contributed by atoms with Gasteiger partial charge in [0.05, 0.1) is 0 Å². The number of carbonyl (C=O) groups is 3. The maximum absolute atomic E-state index is 13.1. The van der Waals surface area contributed by atoms with E-state index in [0.717, 1.165) is 42.2 Å². The predicted molar refractivity (Wildman–Crippen MR) is 155 cm³/mol. The summed E-state index contributed by atoms with van der Waals surface area (Å²) in [6.45, 7) is 3.22. The minimum absolute atomic E-state index is 0.0757. The number of benzene rings is 3. The number of ether oxygens (including phenoxy) is 1. The normalized spacial score (nSPS) is 22.9. The average molecular weight is 573 g/mol. The van der Waals surface area contributed by atoms with E-state index in [9.17, 15) is 14.4 Å². The maximum atomic E-state index is 13.1. The Bertz CT molecular complexity index is 1480. The molecule has 0 bridgehead atoms. The van der Waals surface area contributed by atoms with Gasteiger partial charge in [0.1, 0.15) is 17.9 Å². The summed E-state index contributed by atoms with van der Waals surface area (Å²) < 4.78 is 6.60. The van der Waals surface area contributed by atoms with Crippen molar-refractivity contribution in [2.75, 3.05) is 13.1 Å². The lowest BCUT2D eigenvalue weighted by Gasteiger charge is -2.38. The van der Waals surface area contributed by atoms with Crippen LogP contribution in [0.25, 0.3) is 0 Å². The second-order valence-corrected chi connectivity index (χ2v) is 11.6. The Morgan fingerprint density at radius 2 is 1.80 bits per heavy atom. The summed E-state index contributed by atoms with van der Waals surface area (Å²) in [5.74, 6) is 0.0544. The van der Waals surface area contributed by atoms with Crippen molar-refractivity contribution in [1.29, 1.82) is 0 Å². The van der Waals surface area contributed by atoms with Gasteiger partial charge in [-0.15, -0.1) is 0 Å². The first kappa shape index (κ1) is 27.4. The molecule has 0 radical (unpaired) electrons. The van der Waals surface area contributed by atoms with E-state index in [-0.39, 0.29) is 30.3 Å². The van der Waals surface area contributed by atoms with E-state index >= 15 is 0 Å². The predicted octanol–water partition coefficient (Wildman–Crippen LogP) is 4.00. The van der Waals surface area contributed by atoms with Crippen LogP contribution in [0.3, 0.4) is 0 Å². The Balaban J connectivity index is 1.21. The van der Waals surface area contributed by atoms with Gasteiger partial charge in [-0.05, 0) is 65.4 Å². The molecule has 0 spiro atoms. The zero-order valence-corrected chi connectivity index (χ0v) is 23.5. The van der Waals surface area contributed by atoms with E-state index in [1.54, 1.807) is 11.0 Å². The summed E-state index contributed by atoms with van der Waals surface area (Å²) in [4.78, 5) is 41.1. The van der Waals surface area contributed by atoms with Gasteiger partial charge < -0.3 is 15.4 Å². The topological polar surface area (TPSA) is 105 Å². The number of fused-ring (bicyclic) bond motifs is 1. The van der Waals surface area contributed by atoms with Gasteiger partial charge >= 0.3 is 0 Å². The molecule has 3 amide bonds. The molecule has 2 fully saturated rings. The molecule has 3 N–H and O–H groups in total. The summed E-state index contributed by atoms with van der Waals surface area (Å²) in [7, 11) is 0. The summed E-state index contributed by atoms with van der Waals surface area (Å²) in [6.07, 6.45) is 1.33. The van der Waals surface area contributed by atoms with Gasteiger partial charge in [0.25, 0.3) is 5.91 Å². The number of nitrogens with zero attached hydrogens (tertiary/aromatic N) is 2. The maximum Gasteiger partial charge on any atom is 0.255 e. The number of hydrogen-bond acceptors (Lipinski definition) is 6. The fraction of sp³-hybridized carbons (Fsp3) is 0.344. The molecule has 9 heteroatoms. The summed E-state index contributed by atoms with van der Waals surface area (Å²) in [5, 5.41) is 3.07. The zero-order chi connectivity index (χ0) is 28.5. The number of carbonyl (C=O) groups excluding carboxylic acids is 3. The first-order valence-corrected chi connectivity index (χ1v) is 14.4. The molecule has 3 aliphatic rings. The van der Waals surface area contributed by atoms with Crippen molar-refractivity contribution >= 4 is 29.3 Å². The third-order valence-electron chi connectivity index (χ3n) is 8.32. The van der Waals surface area contributed by atoms with E-state index in [1.165, 1.54) is 11.1 Å². The number of nitrogens with one attached hydrogen (secondary N) is 1. The van der Waals surface area contributed by atoms with E-state index in [0.29, 0.717) is 30.8 Å². The van der Waals surface area contributed by atoms with Crippen molar-refractivity contribution in [3.8, 4) is 5.75 Å². The third kappa shape index (κ3) is 5.86. The van der Waals surface area contributed by atoms with Crippen LogP contribution in [0.2, 0.25) is 5.02 Å². The second-order valence-electron chi connectivity index (χ2n) is 11.1. The smallest absolute Gasteiger partial charge is 0.255 e. The number of imide groups is 1. The van der Waals surface area contributed by atoms with E-state index in [4.69, 9.17) is 22.1 Å². The Kier molecular flexibility index (Phi) is 7.79. The number of hydrogen-bond donors (Lipinski definition) is 2. The molecule has 3 aromatic carbocycles. The molecule has 0 aliphatic carbocycles. The van der Waals surface area contributed by atoms with Gasteiger partial charge in [0.15, 0.2) is 0 Å². The first-order valence-electron chi connectivity index (χ1n) is 14.1. The number of likely N-dealkylation sites (tertiary alicyclic amines) is 1. The molecule has 3 atom stereocenters. The highest BCUT2D eigenvalue weighted by Crippen LogP contribution is 2.34. The van der Waals surface area contributed by atoms with Crippen LogP contribution in [0.5, 0.6) is 5.75 Å². The number of amides is 3. The lowest BCUT2D eigenvalue weighted by molar-refractivity contribution is -0.136. The van der Waals surface area contributed by atoms with Crippen molar-refractivity contribution in [3.05, 3.63) is 99.6 Å². The first-order chi connectivity index (χ1) is 19.9. The summed E-state index contributed by atoms with van der Waals surface area (Å²) in [5.41, 5.74) is 11.1. The molecule has 3 heterocycles. The van der Waals surface area contributed by atoms with Crippen LogP contribution >= 0.6 is 11.6 Å². The van der Waals surface area contributed by atoms with Gasteiger partial charge in [0.2, 0.25) is 11.8 Å². The number of nitrogens with two attached hydrogens (primary N) is 1. The quantitative estimate of drug-likeness (QED) is 0.415. The van der Waals surface area contributed by atoms with Crippen molar-refractivity contribution in [3.63, 3.8) is 0 Å². The molecular formula is C32H33ClN4O4. The Morgan fingerprint density at radius 3 is 2.59 bits per heavy atom. The van der Waals surface area contributed by atoms with Crippen LogP contribution in [0.15, 0.2) is 66.7 Å². The fourth-order valence-corrected chi connectivity index (χ4v) is 6.49. The molecule has 2 unspecified atom stereocenters. The lowest BCUT2D eigenvalue weighted by atomic mass is 9.86. The molecular weight excluding hydrogens is 540 g/mol. The molecule has 2 saturated heterocycles. The van der Waals surface area contributed by atoms with Crippen molar-refractivity contribution in [1.82, 2.24) is 15.1 Å². The van der Waals surface area contributed by atoms with Gasteiger partial charge in [0, 0.05) is 55.6 Å². The molecule has 0 saturated carbocycles. The molecule has 0 aromatic heterocycles. The highest BCUT2D eigenvalue weighted by Gasteiger charge is 2.39. The number of rotatable bonds is 7. The SMILES string of the molecule is NCc1ccccc1C1C[C@H](Oc2ccc3c(c2)CN(C2CCC(=O)NC2=O)C3=O)CN(Cc2ccc(Cl)cc2)C1. The van der Waals surface area contributed by atoms with Crippen molar-refractivity contribution in [2.24, 2.45) is 5.73 Å². The monoisotopic (exact) mass is 572 g/mol. The average Bonchev–Trinajstić information content (AvgIpc) is 3.29. The van der Waals surface area contributed by atoms with E-state index in [1.807, 2.05) is 30.3 Å².